The van der Waals surface area contributed by atoms with E-state index in [0.29, 0.717) is 13.0 Å². The molecule has 7 nitrogen and oxygen atoms in total. The number of phosphoric ester groups is 1. The van der Waals surface area contributed by atoms with E-state index in [0.717, 1.165) is 32.1 Å². The Balaban J connectivity index is 3.71. The number of carbonyl (C=O) groups excluding carboxylic acids is 1. The Labute approximate surface area is 310 Å². The first-order valence-corrected chi connectivity index (χ1v) is 23.4. The molecule has 50 heavy (non-hydrogen) atoms. The minimum Gasteiger partial charge on any atom is -0.457 e. The summed E-state index contributed by atoms with van der Waals surface area (Å²) in [6.45, 7) is 4.81. The Morgan fingerprint density at radius 2 is 0.760 bits per heavy atom. The topological polar surface area (TPSA) is 102 Å². The first kappa shape index (κ1) is 49.5. The molecule has 0 aromatic rings. The molecule has 0 saturated carbocycles. The fourth-order valence-corrected chi connectivity index (χ4v) is 7.04. The molecule has 1 atom stereocenters. The summed E-state index contributed by atoms with van der Waals surface area (Å²) in [5.41, 5.74) is 0. The van der Waals surface area contributed by atoms with Crippen LogP contribution in [0, 0.1) is 0 Å². The van der Waals surface area contributed by atoms with Crippen molar-refractivity contribution in [3.05, 3.63) is 0 Å². The van der Waals surface area contributed by atoms with E-state index in [1.165, 1.54) is 186 Å². The number of esters is 1. The van der Waals surface area contributed by atoms with Crippen LogP contribution in [-0.4, -0.2) is 41.7 Å². The molecule has 0 spiro atoms. The van der Waals surface area contributed by atoms with Gasteiger partial charge in [0.25, 0.3) is 0 Å². The molecule has 0 aromatic heterocycles. The molecule has 0 fully saturated rings. The van der Waals surface area contributed by atoms with E-state index in [-0.39, 0.29) is 19.2 Å². The molecule has 0 radical (unpaired) electrons. The molecule has 0 aliphatic rings. The van der Waals surface area contributed by atoms with Gasteiger partial charge >= 0.3 is 13.8 Å². The monoisotopic (exact) mass is 733 g/mol. The van der Waals surface area contributed by atoms with Gasteiger partial charge in [0.15, 0.2) is 0 Å². The van der Waals surface area contributed by atoms with Gasteiger partial charge in [-0.05, 0) is 12.8 Å². The van der Waals surface area contributed by atoms with E-state index in [1.54, 1.807) is 0 Å². The van der Waals surface area contributed by atoms with Crippen molar-refractivity contribution in [3.63, 3.8) is 0 Å². The van der Waals surface area contributed by atoms with Gasteiger partial charge in [-0.25, -0.2) is 4.57 Å². The predicted molar refractivity (Wildman–Crippen MR) is 212 cm³/mol. The van der Waals surface area contributed by atoms with Gasteiger partial charge in [-0.1, -0.05) is 219 Å². The van der Waals surface area contributed by atoms with Crippen LogP contribution < -0.4 is 0 Å². The Morgan fingerprint density at radius 3 is 1.08 bits per heavy atom. The summed E-state index contributed by atoms with van der Waals surface area (Å²) in [6.07, 6.45) is 43.8. The number of carbonyl (C=O) groups is 1. The third-order valence-corrected chi connectivity index (χ3v) is 10.4. The van der Waals surface area contributed by atoms with Crippen LogP contribution in [0.25, 0.3) is 0 Å². The first-order valence-electron chi connectivity index (χ1n) is 21.9. The zero-order valence-corrected chi connectivity index (χ0v) is 34.2. The second-order valence-corrected chi connectivity index (χ2v) is 16.3. The van der Waals surface area contributed by atoms with E-state index in [4.69, 9.17) is 19.3 Å². The quantitative estimate of drug-likeness (QED) is 0.0366. The number of rotatable bonds is 42. The Hall–Kier alpha value is -0.460. The lowest BCUT2D eigenvalue weighted by molar-refractivity contribution is -0.154. The molecule has 8 heteroatoms. The second-order valence-electron chi connectivity index (χ2n) is 15.0. The third-order valence-electron chi connectivity index (χ3n) is 9.91. The van der Waals surface area contributed by atoms with Crippen molar-refractivity contribution < 1.29 is 33.1 Å². The average Bonchev–Trinajstić information content (AvgIpc) is 3.09. The predicted octanol–water partition coefficient (Wildman–Crippen LogP) is 13.7. The number of hydrogen-bond acceptors (Lipinski definition) is 5. The standard InChI is InChI=1S/C42H85O7P/c1-3-5-7-9-11-13-15-17-19-21-22-24-26-28-30-32-34-36-38-47-39-41(40-48-50(44,45)46)49-42(43)37-35-33-31-29-27-25-23-20-18-16-14-12-10-8-6-4-2/h41H,3-40H2,1-2H3,(H2,44,45,46)/t41-/m1/s1. The van der Waals surface area contributed by atoms with Crippen molar-refractivity contribution in [2.24, 2.45) is 0 Å². The van der Waals surface area contributed by atoms with Crippen LogP contribution in [0.5, 0.6) is 0 Å². The van der Waals surface area contributed by atoms with Crippen LogP contribution >= 0.6 is 7.82 Å². The van der Waals surface area contributed by atoms with Gasteiger partial charge in [0.2, 0.25) is 0 Å². The highest BCUT2D eigenvalue weighted by Crippen LogP contribution is 2.36. The Morgan fingerprint density at radius 1 is 0.460 bits per heavy atom. The van der Waals surface area contributed by atoms with E-state index in [1.807, 2.05) is 0 Å². The van der Waals surface area contributed by atoms with E-state index < -0.39 is 13.9 Å². The minimum atomic E-state index is -4.65. The van der Waals surface area contributed by atoms with Crippen molar-refractivity contribution in [2.75, 3.05) is 19.8 Å². The summed E-state index contributed by atoms with van der Waals surface area (Å²) in [6, 6.07) is 0. The van der Waals surface area contributed by atoms with Crippen molar-refractivity contribution >= 4 is 13.8 Å². The molecule has 0 aromatic carbocycles. The van der Waals surface area contributed by atoms with Gasteiger partial charge in [-0.2, -0.15) is 0 Å². The molecule has 300 valence electrons. The lowest BCUT2D eigenvalue weighted by Gasteiger charge is -2.18. The van der Waals surface area contributed by atoms with Crippen molar-refractivity contribution in [1.29, 1.82) is 0 Å². The molecule has 0 unspecified atom stereocenters. The zero-order valence-electron chi connectivity index (χ0n) is 33.3. The molecule has 0 aliphatic carbocycles. The number of unbranched alkanes of at least 4 members (excludes halogenated alkanes) is 32. The van der Waals surface area contributed by atoms with Crippen LogP contribution in [0.3, 0.4) is 0 Å². The van der Waals surface area contributed by atoms with E-state index in [9.17, 15) is 9.36 Å². The summed E-state index contributed by atoms with van der Waals surface area (Å²) in [4.78, 5) is 30.6. The smallest absolute Gasteiger partial charge is 0.457 e. The lowest BCUT2D eigenvalue weighted by Crippen LogP contribution is -2.28. The maximum atomic E-state index is 12.4. The maximum Gasteiger partial charge on any atom is 0.469 e. The number of ether oxygens (including phenoxy) is 2. The summed E-state index contributed by atoms with van der Waals surface area (Å²) in [5, 5.41) is 0. The highest BCUT2D eigenvalue weighted by Gasteiger charge is 2.21. The normalized spacial score (nSPS) is 12.5. The summed E-state index contributed by atoms with van der Waals surface area (Å²) >= 11 is 0. The van der Waals surface area contributed by atoms with Gasteiger partial charge in [-0.3, -0.25) is 9.32 Å². The molecule has 0 aliphatic heterocycles. The summed E-state index contributed by atoms with van der Waals surface area (Å²) < 4.78 is 27.0. The average molecular weight is 733 g/mol. The molecule has 0 bridgehead atoms. The van der Waals surface area contributed by atoms with Crippen LogP contribution in [0.2, 0.25) is 0 Å². The van der Waals surface area contributed by atoms with Gasteiger partial charge in [0.1, 0.15) is 6.10 Å². The van der Waals surface area contributed by atoms with Gasteiger partial charge in [0, 0.05) is 13.0 Å². The summed E-state index contributed by atoms with van der Waals surface area (Å²) in [7, 11) is -4.65. The SMILES string of the molecule is CCCCCCCCCCCCCCCCCCCCOC[C@H](COP(=O)(O)O)OC(=O)CCCCCCCCCCCCCCCCCC. The third kappa shape index (κ3) is 42.0. The molecular formula is C42H85O7P. The van der Waals surface area contributed by atoms with Crippen LogP contribution in [0.1, 0.15) is 239 Å². The molecule has 0 rings (SSSR count). The number of hydrogen-bond donors (Lipinski definition) is 2. The largest absolute Gasteiger partial charge is 0.469 e. The van der Waals surface area contributed by atoms with Crippen LogP contribution in [-0.2, 0) is 23.4 Å². The number of phosphoric acid groups is 1. The van der Waals surface area contributed by atoms with Gasteiger partial charge < -0.3 is 19.3 Å². The van der Waals surface area contributed by atoms with E-state index >= 15 is 0 Å². The molecule has 0 saturated heterocycles. The zero-order chi connectivity index (χ0) is 36.6. The fourth-order valence-electron chi connectivity index (χ4n) is 6.68. The highest BCUT2D eigenvalue weighted by atomic mass is 31.2. The molecule has 2 N–H and O–H groups in total. The van der Waals surface area contributed by atoms with Crippen LogP contribution in [0.15, 0.2) is 0 Å². The second kappa shape index (κ2) is 39.7. The van der Waals surface area contributed by atoms with Crippen molar-refractivity contribution in [2.45, 2.75) is 245 Å². The molecule has 0 amide bonds. The minimum absolute atomic E-state index is 0.0870. The van der Waals surface area contributed by atoms with Crippen molar-refractivity contribution in [1.82, 2.24) is 0 Å². The lowest BCUT2D eigenvalue weighted by atomic mass is 10.0. The maximum absolute atomic E-state index is 12.4. The van der Waals surface area contributed by atoms with E-state index in [2.05, 4.69) is 18.4 Å². The molecule has 0 heterocycles. The van der Waals surface area contributed by atoms with Gasteiger partial charge in [0.05, 0.1) is 13.2 Å². The molecular weight excluding hydrogens is 647 g/mol. The Kier molecular flexibility index (Phi) is 39.4. The van der Waals surface area contributed by atoms with Crippen molar-refractivity contribution in [3.8, 4) is 0 Å². The Bertz CT molecular complexity index is 729. The highest BCUT2D eigenvalue weighted by molar-refractivity contribution is 7.46. The van der Waals surface area contributed by atoms with Crippen LogP contribution in [0.4, 0.5) is 0 Å². The fraction of sp³-hybridized carbons (Fsp3) is 0.976. The first-order chi connectivity index (χ1) is 24.4. The summed E-state index contributed by atoms with van der Waals surface area (Å²) in [5.74, 6) is -0.355. The van der Waals surface area contributed by atoms with Gasteiger partial charge in [-0.15, -0.1) is 0 Å².